The van der Waals surface area contributed by atoms with Gasteiger partial charge in [0.05, 0.1) is 5.69 Å². The molecule has 0 radical (unpaired) electrons. The lowest BCUT2D eigenvalue weighted by atomic mass is 9.76. The Labute approximate surface area is 108 Å². The summed E-state index contributed by atoms with van der Waals surface area (Å²) in [4.78, 5) is 0. The maximum absolute atomic E-state index is 6.28. The third-order valence-electron chi connectivity index (χ3n) is 4.04. The minimum absolute atomic E-state index is 0.321. The number of halogens is 1. The van der Waals surface area contributed by atoms with Crippen molar-refractivity contribution in [3.63, 3.8) is 0 Å². The minimum Gasteiger partial charge on any atom is -0.327 e. The van der Waals surface area contributed by atoms with Crippen molar-refractivity contribution in [2.45, 2.75) is 45.6 Å². The van der Waals surface area contributed by atoms with Gasteiger partial charge in [0.15, 0.2) is 0 Å². The molecule has 1 heterocycles. The van der Waals surface area contributed by atoms with Crippen molar-refractivity contribution in [2.24, 2.45) is 24.6 Å². The molecule has 0 saturated heterocycles. The van der Waals surface area contributed by atoms with E-state index in [4.69, 9.17) is 17.3 Å². The molecule has 1 fully saturated rings. The number of nitrogens with two attached hydrogens (primary N) is 1. The molecule has 1 saturated carbocycles. The summed E-state index contributed by atoms with van der Waals surface area (Å²) in [5, 5.41) is 5.14. The normalized spacial score (nSPS) is 29.6. The molecule has 0 spiro atoms. The second-order valence-corrected chi connectivity index (χ2v) is 5.88. The van der Waals surface area contributed by atoms with E-state index in [1.807, 2.05) is 14.0 Å². The molecule has 96 valence electrons. The van der Waals surface area contributed by atoms with Crippen molar-refractivity contribution >= 4 is 11.6 Å². The van der Waals surface area contributed by atoms with Gasteiger partial charge < -0.3 is 5.73 Å². The summed E-state index contributed by atoms with van der Waals surface area (Å²) in [6.45, 7) is 4.34. The van der Waals surface area contributed by atoms with Crippen LogP contribution in [0.4, 0.5) is 0 Å². The van der Waals surface area contributed by atoms with Crippen LogP contribution in [0.15, 0.2) is 0 Å². The highest BCUT2D eigenvalue weighted by atomic mass is 35.5. The molecular formula is C13H22ClN3. The van der Waals surface area contributed by atoms with Gasteiger partial charge in [-0.25, -0.2) is 0 Å². The highest BCUT2D eigenvalue weighted by Gasteiger charge is 2.28. The fourth-order valence-corrected chi connectivity index (χ4v) is 3.18. The van der Waals surface area contributed by atoms with Crippen LogP contribution in [0, 0.1) is 18.8 Å². The summed E-state index contributed by atoms with van der Waals surface area (Å²) in [5.41, 5.74) is 8.45. The fraction of sp³-hybridized carbons (Fsp3) is 0.769. The van der Waals surface area contributed by atoms with Crippen LogP contribution < -0.4 is 5.73 Å². The van der Waals surface area contributed by atoms with Crippen molar-refractivity contribution in [1.82, 2.24) is 9.78 Å². The van der Waals surface area contributed by atoms with Gasteiger partial charge >= 0.3 is 0 Å². The van der Waals surface area contributed by atoms with Gasteiger partial charge in [0.1, 0.15) is 5.15 Å². The quantitative estimate of drug-likeness (QED) is 0.883. The number of nitrogens with zero attached hydrogens (tertiary/aromatic N) is 2. The Kier molecular flexibility index (Phi) is 3.79. The molecule has 3 atom stereocenters. The largest absolute Gasteiger partial charge is 0.327 e. The fourth-order valence-electron chi connectivity index (χ4n) is 2.92. The first-order chi connectivity index (χ1) is 7.99. The van der Waals surface area contributed by atoms with Crippen molar-refractivity contribution in [3.8, 4) is 0 Å². The summed E-state index contributed by atoms with van der Waals surface area (Å²) in [6, 6.07) is 0.321. The van der Waals surface area contributed by atoms with Gasteiger partial charge in [-0.1, -0.05) is 18.5 Å². The minimum atomic E-state index is 0.321. The first-order valence-electron chi connectivity index (χ1n) is 6.42. The van der Waals surface area contributed by atoms with E-state index in [0.29, 0.717) is 12.0 Å². The van der Waals surface area contributed by atoms with Crippen LogP contribution in [0.3, 0.4) is 0 Å². The Morgan fingerprint density at radius 2 is 2.18 bits per heavy atom. The molecule has 4 heteroatoms. The molecule has 0 bridgehead atoms. The van der Waals surface area contributed by atoms with Gasteiger partial charge in [0.2, 0.25) is 0 Å². The Balaban J connectivity index is 2.14. The van der Waals surface area contributed by atoms with Crippen LogP contribution in [0.1, 0.15) is 37.4 Å². The SMILES string of the molecule is Cc1nn(C)c(Cl)c1CC1CC(C)CCC1N. The zero-order valence-electron chi connectivity index (χ0n) is 10.9. The molecular weight excluding hydrogens is 234 g/mol. The maximum Gasteiger partial charge on any atom is 0.130 e. The average molecular weight is 256 g/mol. The van der Waals surface area contributed by atoms with Crippen molar-refractivity contribution in [1.29, 1.82) is 0 Å². The highest BCUT2D eigenvalue weighted by molar-refractivity contribution is 6.30. The number of aryl methyl sites for hydroxylation is 2. The second-order valence-electron chi connectivity index (χ2n) is 5.52. The molecule has 0 aromatic carbocycles. The molecule has 1 aromatic rings. The third kappa shape index (κ3) is 2.66. The number of hydrogen-bond acceptors (Lipinski definition) is 2. The van der Waals surface area contributed by atoms with E-state index < -0.39 is 0 Å². The Bertz CT molecular complexity index is 400. The monoisotopic (exact) mass is 255 g/mol. The highest BCUT2D eigenvalue weighted by Crippen LogP contribution is 2.32. The number of rotatable bonds is 2. The summed E-state index contributed by atoms with van der Waals surface area (Å²) in [6.07, 6.45) is 4.59. The molecule has 3 unspecified atom stereocenters. The van der Waals surface area contributed by atoms with Crippen LogP contribution in [0.5, 0.6) is 0 Å². The van der Waals surface area contributed by atoms with Gasteiger partial charge in [-0.3, -0.25) is 4.68 Å². The van der Waals surface area contributed by atoms with Gasteiger partial charge in [0, 0.05) is 18.7 Å². The number of aromatic nitrogens is 2. The zero-order chi connectivity index (χ0) is 12.6. The van der Waals surface area contributed by atoms with Crippen LogP contribution in [-0.2, 0) is 13.5 Å². The topological polar surface area (TPSA) is 43.8 Å². The lowest BCUT2D eigenvalue weighted by molar-refractivity contribution is 0.244. The molecule has 2 N–H and O–H groups in total. The molecule has 0 aliphatic heterocycles. The number of hydrogen-bond donors (Lipinski definition) is 1. The standard InChI is InChI=1S/C13H22ClN3/c1-8-4-5-12(15)10(6-8)7-11-9(2)16-17(3)13(11)14/h8,10,12H,4-7,15H2,1-3H3. The second kappa shape index (κ2) is 4.99. The van der Waals surface area contributed by atoms with E-state index in [-0.39, 0.29) is 0 Å². The van der Waals surface area contributed by atoms with E-state index in [2.05, 4.69) is 12.0 Å². The summed E-state index contributed by atoms with van der Waals surface area (Å²) < 4.78 is 1.75. The Hall–Kier alpha value is -0.540. The van der Waals surface area contributed by atoms with Crippen LogP contribution >= 0.6 is 11.6 Å². The van der Waals surface area contributed by atoms with Crippen molar-refractivity contribution in [2.75, 3.05) is 0 Å². The van der Waals surface area contributed by atoms with E-state index >= 15 is 0 Å². The zero-order valence-corrected chi connectivity index (χ0v) is 11.7. The Morgan fingerprint density at radius 3 is 2.76 bits per heavy atom. The average Bonchev–Trinajstić information content (AvgIpc) is 2.50. The predicted octanol–water partition coefficient (Wildman–Crippen LogP) is 2.69. The lowest BCUT2D eigenvalue weighted by Crippen LogP contribution is -2.36. The smallest absolute Gasteiger partial charge is 0.130 e. The van der Waals surface area contributed by atoms with E-state index in [1.54, 1.807) is 4.68 Å². The summed E-state index contributed by atoms with van der Waals surface area (Å²) in [5.74, 6) is 1.34. The maximum atomic E-state index is 6.28. The van der Waals surface area contributed by atoms with Crippen LogP contribution in [0.2, 0.25) is 5.15 Å². The molecule has 1 aliphatic carbocycles. The van der Waals surface area contributed by atoms with E-state index in [1.165, 1.54) is 18.4 Å². The lowest BCUT2D eigenvalue weighted by Gasteiger charge is -2.32. The van der Waals surface area contributed by atoms with Gasteiger partial charge in [-0.2, -0.15) is 5.10 Å². The molecule has 2 rings (SSSR count). The molecule has 3 nitrogen and oxygen atoms in total. The van der Waals surface area contributed by atoms with Gasteiger partial charge in [-0.05, 0) is 44.4 Å². The third-order valence-corrected chi connectivity index (χ3v) is 4.51. The van der Waals surface area contributed by atoms with Gasteiger partial charge in [0.25, 0.3) is 0 Å². The summed E-state index contributed by atoms with van der Waals surface area (Å²) >= 11 is 6.28. The van der Waals surface area contributed by atoms with Crippen molar-refractivity contribution < 1.29 is 0 Å². The van der Waals surface area contributed by atoms with Gasteiger partial charge in [-0.15, -0.1) is 0 Å². The van der Waals surface area contributed by atoms with Crippen LogP contribution in [0.25, 0.3) is 0 Å². The summed E-state index contributed by atoms with van der Waals surface area (Å²) in [7, 11) is 1.89. The van der Waals surface area contributed by atoms with Crippen LogP contribution in [-0.4, -0.2) is 15.8 Å². The first kappa shape index (κ1) is 12.9. The van der Waals surface area contributed by atoms with E-state index in [9.17, 15) is 0 Å². The first-order valence-corrected chi connectivity index (χ1v) is 6.80. The van der Waals surface area contributed by atoms with Crippen molar-refractivity contribution in [3.05, 3.63) is 16.4 Å². The predicted molar refractivity (Wildman–Crippen MR) is 71.1 cm³/mol. The molecule has 1 aliphatic rings. The molecule has 1 aromatic heterocycles. The molecule has 0 amide bonds. The Morgan fingerprint density at radius 1 is 1.47 bits per heavy atom. The van der Waals surface area contributed by atoms with E-state index in [0.717, 1.165) is 29.6 Å². The molecule has 17 heavy (non-hydrogen) atoms.